The molecule has 0 radical (unpaired) electrons. The highest BCUT2D eigenvalue weighted by Gasteiger charge is 2.21. The summed E-state index contributed by atoms with van der Waals surface area (Å²) in [4.78, 5) is 44.4. The molecule has 1 aromatic carbocycles. The molecule has 0 aliphatic carbocycles. The van der Waals surface area contributed by atoms with Gasteiger partial charge in [-0.05, 0) is 13.8 Å². The molecule has 0 amide bonds. The smallest absolute Gasteiger partial charge is 0.375 e. The minimum Gasteiger partial charge on any atom is -0.460 e. The van der Waals surface area contributed by atoms with Gasteiger partial charge in [-0.1, -0.05) is 12.1 Å². The summed E-state index contributed by atoms with van der Waals surface area (Å²) in [5.41, 5.74) is 0.211. The van der Waals surface area contributed by atoms with Crippen molar-refractivity contribution in [3.05, 3.63) is 39.4 Å². The number of hydrogen-bond donors (Lipinski definition) is 0. The van der Waals surface area contributed by atoms with Crippen LogP contribution in [0.5, 0.6) is 0 Å². The van der Waals surface area contributed by atoms with Crippen molar-refractivity contribution < 1.29 is 24.0 Å². The Labute approximate surface area is 114 Å². The predicted molar refractivity (Wildman–Crippen MR) is 68.4 cm³/mol. The Kier molecular flexibility index (Phi) is 5.08. The van der Waals surface area contributed by atoms with Gasteiger partial charge in [0.25, 0.3) is 5.69 Å². The third-order valence-electron chi connectivity index (χ3n) is 2.55. The average Bonchev–Trinajstić information content (AvgIpc) is 2.38. The number of aryl methyl sites for hydroxylation is 1. The largest absolute Gasteiger partial charge is 0.460 e. The number of benzene rings is 1. The van der Waals surface area contributed by atoms with E-state index in [0.29, 0.717) is 5.56 Å². The Morgan fingerprint density at radius 2 is 1.95 bits per heavy atom. The Morgan fingerprint density at radius 3 is 2.50 bits per heavy atom. The molecule has 0 saturated carbocycles. The van der Waals surface area contributed by atoms with E-state index in [2.05, 4.69) is 4.74 Å². The van der Waals surface area contributed by atoms with E-state index in [1.165, 1.54) is 26.0 Å². The molecule has 7 nitrogen and oxygen atoms in total. The third-order valence-corrected chi connectivity index (χ3v) is 2.55. The Hall–Kier alpha value is -2.57. The highest BCUT2D eigenvalue weighted by atomic mass is 16.6. The topological polar surface area (TPSA) is 104 Å². The first-order valence-electron chi connectivity index (χ1n) is 5.85. The fourth-order valence-electron chi connectivity index (χ4n) is 1.51. The van der Waals surface area contributed by atoms with Gasteiger partial charge in [0.1, 0.15) is 0 Å². The van der Waals surface area contributed by atoms with E-state index in [1.807, 2.05) is 0 Å². The quantitative estimate of drug-likeness (QED) is 0.196. The molecule has 0 saturated heterocycles. The monoisotopic (exact) mass is 279 g/mol. The molecule has 0 spiro atoms. The second kappa shape index (κ2) is 6.55. The van der Waals surface area contributed by atoms with Gasteiger partial charge in [-0.2, -0.15) is 0 Å². The van der Waals surface area contributed by atoms with Gasteiger partial charge in [0.2, 0.25) is 5.78 Å². The lowest BCUT2D eigenvalue weighted by molar-refractivity contribution is -0.385. The zero-order chi connectivity index (χ0) is 15.3. The molecule has 0 aliphatic rings. The van der Waals surface area contributed by atoms with Crippen LogP contribution in [-0.4, -0.2) is 29.1 Å². The summed E-state index contributed by atoms with van der Waals surface area (Å²) in [5, 5.41) is 10.8. The molecule has 0 heterocycles. The lowest BCUT2D eigenvalue weighted by Crippen LogP contribution is -2.20. The van der Waals surface area contributed by atoms with Crippen LogP contribution in [0.2, 0.25) is 0 Å². The van der Waals surface area contributed by atoms with Crippen molar-refractivity contribution >= 4 is 23.2 Å². The van der Waals surface area contributed by atoms with Crippen LogP contribution in [0.1, 0.15) is 29.3 Å². The van der Waals surface area contributed by atoms with Crippen LogP contribution in [0.15, 0.2) is 18.2 Å². The predicted octanol–water partition coefficient (Wildman–Crippen LogP) is 1.61. The molecule has 106 valence electrons. The molecule has 0 unspecified atom stereocenters. The van der Waals surface area contributed by atoms with Gasteiger partial charge in [0.15, 0.2) is 5.78 Å². The molecule has 0 fully saturated rings. The standard InChI is InChI=1S/C13H13NO6/c1-3-20-13(17)12(16)7-11(15)9-5-4-8(2)10(6-9)14(18)19/h4-6H,3,7H2,1-2H3. The Balaban J connectivity index is 2.88. The van der Waals surface area contributed by atoms with Gasteiger partial charge in [-0.3, -0.25) is 19.7 Å². The molecule has 0 N–H and O–H groups in total. The lowest BCUT2D eigenvalue weighted by Gasteiger charge is -2.03. The number of rotatable bonds is 6. The number of nitro groups is 1. The molecule has 1 rings (SSSR count). The van der Waals surface area contributed by atoms with E-state index in [-0.39, 0.29) is 17.9 Å². The number of nitro benzene ring substituents is 1. The van der Waals surface area contributed by atoms with Crippen molar-refractivity contribution in [2.24, 2.45) is 0 Å². The summed E-state index contributed by atoms with van der Waals surface area (Å²) < 4.78 is 4.47. The zero-order valence-electron chi connectivity index (χ0n) is 11.0. The van der Waals surface area contributed by atoms with Gasteiger partial charge in [0.05, 0.1) is 18.0 Å². The number of carbonyl (C=O) groups excluding carboxylic acids is 3. The van der Waals surface area contributed by atoms with E-state index in [4.69, 9.17) is 0 Å². The normalized spacial score (nSPS) is 9.90. The first-order chi connectivity index (χ1) is 9.36. The maximum atomic E-state index is 11.8. The first-order valence-corrected chi connectivity index (χ1v) is 5.85. The van der Waals surface area contributed by atoms with Crippen molar-refractivity contribution in [3.8, 4) is 0 Å². The summed E-state index contributed by atoms with van der Waals surface area (Å²) in [6.07, 6.45) is -0.668. The molecular weight excluding hydrogens is 266 g/mol. The van der Waals surface area contributed by atoms with Crippen LogP contribution in [0.4, 0.5) is 5.69 Å². The van der Waals surface area contributed by atoms with Crippen LogP contribution < -0.4 is 0 Å². The number of nitrogens with zero attached hydrogens (tertiary/aromatic N) is 1. The fourth-order valence-corrected chi connectivity index (χ4v) is 1.51. The SMILES string of the molecule is CCOC(=O)C(=O)CC(=O)c1ccc(C)c([N+](=O)[O-])c1. The minimum atomic E-state index is -1.08. The van der Waals surface area contributed by atoms with Crippen LogP contribution in [0, 0.1) is 17.0 Å². The van der Waals surface area contributed by atoms with Crippen molar-refractivity contribution in [3.63, 3.8) is 0 Å². The van der Waals surface area contributed by atoms with Gasteiger partial charge in [0, 0.05) is 17.2 Å². The number of ketones is 2. The Bertz CT molecular complexity index is 578. The molecule has 0 atom stereocenters. The van der Waals surface area contributed by atoms with Crippen LogP contribution in [0.3, 0.4) is 0 Å². The Morgan fingerprint density at radius 1 is 1.30 bits per heavy atom. The van der Waals surface area contributed by atoms with Gasteiger partial charge in [-0.15, -0.1) is 0 Å². The van der Waals surface area contributed by atoms with Crippen molar-refractivity contribution in [2.45, 2.75) is 20.3 Å². The molecule has 20 heavy (non-hydrogen) atoms. The first kappa shape index (κ1) is 15.5. The van der Waals surface area contributed by atoms with E-state index >= 15 is 0 Å². The van der Waals surface area contributed by atoms with Gasteiger partial charge < -0.3 is 4.74 Å². The third kappa shape index (κ3) is 3.71. The van der Waals surface area contributed by atoms with E-state index in [1.54, 1.807) is 0 Å². The van der Waals surface area contributed by atoms with Crippen molar-refractivity contribution in [1.29, 1.82) is 0 Å². The summed E-state index contributed by atoms with van der Waals surface area (Å²) >= 11 is 0. The zero-order valence-corrected chi connectivity index (χ0v) is 11.0. The molecular formula is C13H13NO6. The number of ether oxygens (including phenoxy) is 1. The summed E-state index contributed by atoms with van der Waals surface area (Å²) in [7, 11) is 0. The summed E-state index contributed by atoms with van der Waals surface area (Å²) in [5.74, 6) is -2.71. The highest BCUT2D eigenvalue weighted by molar-refractivity contribution is 6.38. The molecule has 0 aromatic heterocycles. The lowest BCUT2D eigenvalue weighted by atomic mass is 10.0. The summed E-state index contributed by atoms with van der Waals surface area (Å²) in [6.45, 7) is 3.11. The molecule has 0 bridgehead atoms. The maximum Gasteiger partial charge on any atom is 0.375 e. The minimum absolute atomic E-state index is 0.0138. The number of Topliss-reactive ketones (excluding diaryl/α,β-unsaturated/α-hetero) is 2. The number of esters is 1. The molecule has 1 aromatic rings. The van der Waals surface area contributed by atoms with E-state index in [9.17, 15) is 24.5 Å². The number of hydrogen-bond acceptors (Lipinski definition) is 6. The van der Waals surface area contributed by atoms with E-state index in [0.717, 1.165) is 6.07 Å². The van der Waals surface area contributed by atoms with Crippen molar-refractivity contribution in [2.75, 3.05) is 6.61 Å². The van der Waals surface area contributed by atoms with Crippen molar-refractivity contribution in [1.82, 2.24) is 0 Å². The fraction of sp³-hybridized carbons (Fsp3) is 0.308. The summed E-state index contributed by atoms with van der Waals surface area (Å²) in [6, 6.07) is 3.89. The van der Waals surface area contributed by atoms with Crippen LogP contribution in [0.25, 0.3) is 0 Å². The second-order valence-corrected chi connectivity index (χ2v) is 4.00. The second-order valence-electron chi connectivity index (χ2n) is 4.00. The molecule has 7 heteroatoms. The van der Waals surface area contributed by atoms with E-state index < -0.39 is 28.9 Å². The molecule has 0 aliphatic heterocycles. The average molecular weight is 279 g/mol. The van der Waals surface area contributed by atoms with Crippen LogP contribution >= 0.6 is 0 Å². The highest BCUT2D eigenvalue weighted by Crippen LogP contribution is 2.20. The number of carbonyl (C=O) groups is 3. The van der Waals surface area contributed by atoms with Gasteiger partial charge >= 0.3 is 5.97 Å². The van der Waals surface area contributed by atoms with Crippen LogP contribution in [-0.2, 0) is 14.3 Å². The van der Waals surface area contributed by atoms with Gasteiger partial charge in [-0.25, -0.2) is 4.79 Å². The maximum absolute atomic E-state index is 11.8.